The number of rotatable bonds is 51. The van der Waals surface area contributed by atoms with Crippen molar-refractivity contribution in [1.29, 1.82) is 0 Å². The first-order valence-electron chi connectivity index (χ1n) is 28.3. The van der Waals surface area contributed by atoms with E-state index in [-0.39, 0.29) is 31.1 Å². The van der Waals surface area contributed by atoms with Gasteiger partial charge in [0.05, 0.1) is 0 Å². The lowest BCUT2D eigenvalue weighted by Crippen LogP contribution is -2.30. The Morgan fingerprint density at radius 2 is 0.603 bits per heavy atom. The highest BCUT2D eigenvalue weighted by molar-refractivity contribution is 5.71. The largest absolute Gasteiger partial charge is 0.462 e. The topological polar surface area (TPSA) is 78.9 Å². The van der Waals surface area contributed by atoms with Crippen LogP contribution in [0.15, 0.2) is 0 Å². The Morgan fingerprint density at radius 1 is 0.333 bits per heavy atom. The molecule has 1 unspecified atom stereocenters. The maximum atomic E-state index is 12.8. The molecule has 0 rings (SSSR count). The Hall–Kier alpha value is -1.59. The van der Waals surface area contributed by atoms with Gasteiger partial charge in [-0.05, 0) is 31.1 Å². The lowest BCUT2D eigenvalue weighted by Gasteiger charge is -2.18. The summed E-state index contributed by atoms with van der Waals surface area (Å²) < 4.78 is 16.8. The molecule has 0 saturated heterocycles. The Balaban J connectivity index is 4.23. The lowest BCUT2D eigenvalue weighted by atomic mass is 9.99. The van der Waals surface area contributed by atoms with Crippen LogP contribution < -0.4 is 0 Å². The second-order valence-electron chi connectivity index (χ2n) is 20.3. The van der Waals surface area contributed by atoms with Gasteiger partial charge in [0.2, 0.25) is 0 Å². The predicted molar refractivity (Wildman–Crippen MR) is 270 cm³/mol. The van der Waals surface area contributed by atoms with Crippen molar-refractivity contribution in [3.05, 3.63) is 0 Å². The molecule has 0 radical (unpaired) electrons. The molecule has 0 aliphatic rings. The first kappa shape index (κ1) is 61.4. The van der Waals surface area contributed by atoms with E-state index < -0.39 is 6.10 Å². The van der Waals surface area contributed by atoms with Gasteiger partial charge in [-0.25, -0.2) is 0 Å². The first-order valence-corrected chi connectivity index (χ1v) is 28.3. The van der Waals surface area contributed by atoms with Gasteiger partial charge in [0.15, 0.2) is 6.10 Å². The van der Waals surface area contributed by atoms with Crippen LogP contribution in [0.3, 0.4) is 0 Å². The summed E-state index contributed by atoms with van der Waals surface area (Å²) in [5.41, 5.74) is 0. The van der Waals surface area contributed by atoms with Gasteiger partial charge in [0.25, 0.3) is 0 Å². The summed E-state index contributed by atoms with van der Waals surface area (Å²) in [5.74, 6) is 0.884. The molecule has 0 N–H and O–H groups in total. The molecule has 0 amide bonds. The summed E-state index contributed by atoms with van der Waals surface area (Å²) in [5, 5.41) is 0. The zero-order chi connectivity index (χ0) is 46.1. The smallest absolute Gasteiger partial charge is 0.306 e. The van der Waals surface area contributed by atoms with Crippen molar-refractivity contribution in [2.45, 2.75) is 323 Å². The quantitative estimate of drug-likeness (QED) is 0.0344. The molecule has 0 spiro atoms. The Bertz CT molecular complexity index is 964. The van der Waals surface area contributed by atoms with Crippen LogP contribution in [-0.4, -0.2) is 37.2 Å². The SMILES string of the molecule is CCCCCCCCCCCCC(=O)OC[C@H](COC(=O)CCCCCCCCCCCCC(C)CC)OC(=O)CCCCCCCCCCCCCCCCCCCCC(C)C. The molecule has 6 nitrogen and oxygen atoms in total. The zero-order valence-electron chi connectivity index (χ0n) is 43.2. The standard InChI is InChI=1S/C57H110O6/c1-6-8-9-10-11-12-27-32-37-42-47-55(58)61-50-54(51-62-56(59)48-43-38-33-28-24-23-26-31-36-41-46-53(5)7-2)63-57(60)49-44-39-34-29-22-20-18-16-14-13-15-17-19-21-25-30-35-40-45-52(3)4/h52-54H,6-51H2,1-5H3/t53?,54-/m1/s1. The predicted octanol–water partition coefficient (Wildman–Crippen LogP) is 18.5. The minimum atomic E-state index is -0.762. The number of carbonyl (C=O) groups is 3. The van der Waals surface area contributed by atoms with E-state index in [1.165, 1.54) is 205 Å². The molecule has 6 heteroatoms. The van der Waals surface area contributed by atoms with Crippen LogP contribution in [0.4, 0.5) is 0 Å². The lowest BCUT2D eigenvalue weighted by molar-refractivity contribution is -0.167. The third-order valence-corrected chi connectivity index (χ3v) is 13.3. The molecule has 0 saturated carbocycles. The van der Waals surface area contributed by atoms with Crippen LogP contribution in [0.5, 0.6) is 0 Å². The van der Waals surface area contributed by atoms with Crippen molar-refractivity contribution in [2.75, 3.05) is 13.2 Å². The average Bonchev–Trinajstić information content (AvgIpc) is 3.27. The molecule has 374 valence electrons. The Labute approximate surface area is 393 Å². The highest BCUT2D eigenvalue weighted by atomic mass is 16.6. The van der Waals surface area contributed by atoms with Crippen LogP contribution in [0, 0.1) is 11.8 Å². The van der Waals surface area contributed by atoms with Gasteiger partial charge in [-0.15, -0.1) is 0 Å². The Morgan fingerprint density at radius 3 is 0.905 bits per heavy atom. The van der Waals surface area contributed by atoms with E-state index in [9.17, 15) is 14.4 Å². The van der Waals surface area contributed by atoms with E-state index in [1.807, 2.05) is 0 Å². The van der Waals surface area contributed by atoms with Gasteiger partial charge >= 0.3 is 17.9 Å². The number of esters is 3. The number of hydrogen-bond donors (Lipinski definition) is 0. The molecule has 0 bridgehead atoms. The minimum Gasteiger partial charge on any atom is -0.462 e. The van der Waals surface area contributed by atoms with Gasteiger partial charge in [-0.1, -0.05) is 279 Å². The average molecular weight is 892 g/mol. The number of ether oxygens (including phenoxy) is 3. The minimum absolute atomic E-state index is 0.0632. The molecule has 0 fully saturated rings. The van der Waals surface area contributed by atoms with Gasteiger partial charge in [0, 0.05) is 19.3 Å². The van der Waals surface area contributed by atoms with Crippen LogP contribution in [-0.2, 0) is 28.6 Å². The maximum absolute atomic E-state index is 12.8. The van der Waals surface area contributed by atoms with Gasteiger partial charge in [-0.3, -0.25) is 14.4 Å². The van der Waals surface area contributed by atoms with Gasteiger partial charge in [-0.2, -0.15) is 0 Å². The zero-order valence-corrected chi connectivity index (χ0v) is 43.2. The van der Waals surface area contributed by atoms with Crippen molar-refractivity contribution in [3.63, 3.8) is 0 Å². The Kier molecular flexibility index (Phi) is 48.6. The highest BCUT2D eigenvalue weighted by Gasteiger charge is 2.19. The normalized spacial score (nSPS) is 12.5. The summed E-state index contributed by atoms with van der Waals surface area (Å²) in [4.78, 5) is 38.0. The highest BCUT2D eigenvalue weighted by Crippen LogP contribution is 2.18. The van der Waals surface area contributed by atoms with Gasteiger partial charge in [0.1, 0.15) is 13.2 Å². The molecule has 0 aromatic heterocycles. The van der Waals surface area contributed by atoms with E-state index in [4.69, 9.17) is 14.2 Å². The van der Waals surface area contributed by atoms with Crippen molar-refractivity contribution >= 4 is 17.9 Å². The third-order valence-electron chi connectivity index (χ3n) is 13.3. The maximum Gasteiger partial charge on any atom is 0.306 e. The molecular formula is C57H110O6. The van der Waals surface area contributed by atoms with Crippen molar-refractivity contribution in [2.24, 2.45) is 11.8 Å². The molecule has 0 aromatic carbocycles. The molecule has 0 aliphatic carbocycles. The molecule has 0 heterocycles. The van der Waals surface area contributed by atoms with Crippen LogP contribution in [0.1, 0.15) is 317 Å². The summed E-state index contributed by atoms with van der Waals surface area (Å²) in [6.07, 6.45) is 52.3. The summed E-state index contributed by atoms with van der Waals surface area (Å²) >= 11 is 0. The van der Waals surface area contributed by atoms with E-state index >= 15 is 0 Å². The van der Waals surface area contributed by atoms with E-state index in [0.717, 1.165) is 69.6 Å². The number of carbonyl (C=O) groups excluding carboxylic acids is 3. The molecular weight excluding hydrogens is 781 g/mol. The molecule has 2 atom stereocenters. The van der Waals surface area contributed by atoms with Crippen molar-refractivity contribution in [3.8, 4) is 0 Å². The van der Waals surface area contributed by atoms with Crippen LogP contribution in [0.2, 0.25) is 0 Å². The number of hydrogen-bond acceptors (Lipinski definition) is 6. The first-order chi connectivity index (χ1) is 30.8. The van der Waals surface area contributed by atoms with Crippen LogP contribution in [0.25, 0.3) is 0 Å². The van der Waals surface area contributed by atoms with Crippen molar-refractivity contribution < 1.29 is 28.6 Å². The molecule has 0 aromatic rings. The van der Waals surface area contributed by atoms with E-state index in [2.05, 4.69) is 34.6 Å². The summed E-state index contributed by atoms with van der Waals surface area (Å²) in [7, 11) is 0. The fraction of sp³-hybridized carbons (Fsp3) is 0.947. The fourth-order valence-electron chi connectivity index (χ4n) is 8.66. The van der Waals surface area contributed by atoms with E-state index in [1.54, 1.807) is 0 Å². The monoisotopic (exact) mass is 891 g/mol. The van der Waals surface area contributed by atoms with Gasteiger partial charge < -0.3 is 14.2 Å². The summed E-state index contributed by atoms with van der Waals surface area (Å²) in [6, 6.07) is 0. The van der Waals surface area contributed by atoms with E-state index in [0.29, 0.717) is 19.3 Å². The second kappa shape index (κ2) is 49.8. The fourth-order valence-corrected chi connectivity index (χ4v) is 8.66. The second-order valence-corrected chi connectivity index (χ2v) is 20.3. The van der Waals surface area contributed by atoms with Crippen molar-refractivity contribution in [1.82, 2.24) is 0 Å². The van der Waals surface area contributed by atoms with Crippen LogP contribution >= 0.6 is 0 Å². The third kappa shape index (κ3) is 49.7. The summed E-state index contributed by atoms with van der Waals surface area (Å²) in [6.45, 7) is 11.4. The molecule has 0 aliphatic heterocycles. The number of unbranched alkanes of at least 4 members (excludes halogenated alkanes) is 35. The molecule has 63 heavy (non-hydrogen) atoms.